The van der Waals surface area contributed by atoms with Crippen molar-refractivity contribution in [3.05, 3.63) is 64.2 Å². The summed E-state index contributed by atoms with van der Waals surface area (Å²) in [7, 11) is 0. The second-order valence-electron chi connectivity index (χ2n) is 8.07. The molecule has 1 aromatic carbocycles. The number of fused-ring (bicyclic) bond motifs is 1. The van der Waals surface area contributed by atoms with Gasteiger partial charge in [-0.2, -0.15) is 0 Å². The second-order valence-corrected chi connectivity index (χ2v) is 8.51. The van der Waals surface area contributed by atoms with Gasteiger partial charge in [0.1, 0.15) is 18.1 Å². The molecule has 0 bridgehead atoms. The maximum Gasteiger partial charge on any atom is 0.272 e. The molecule has 0 spiro atoms. The minimum absolute atomic E-state index is 0.0442. The maximum atomic E-state index is 13.1. The van der Waals surface area contributed by atoms with Gasteiger partial charge < -0.3 is 14.2 Å². The molecule has 6 heteroatoms. The van der Waals surface area contributed by atoms with E-state index in [9.17, 15) is 4.79 Å². The monoisotopic (exact) mass is 409 g/mol. The van der Waals surface area contributed by atoms with Gasteiger partial charge in [0.2, 0.25) is 0 Å². The summed E-state index contributed by atoms with van der Waals surface area (Å²) in [6.07, 6.45) is 4.50. The van der Waals surface area contributed by atoms with Gasteiger partial charge in [-0.1, -0.05) is 48.9 Å². The van der Waals surface area contributed by atoms with Crippen LogP contribution in [-0.4, -0.2) is 40.1 Å². The summed E-state index contributed by atoms with van der Waals surface area (Å²) in [5.41, 5.74) is 2.69. The smallest absolute Gasteiger partial charge is 0.272 e. The molecule has 2 aliphatic heterocycles. The fraction of sp³-hybridized carbons (Fsp3) is 0.391. The van der Waals surface area contributed by atoms with Crippen molar-refractivity contribution in [2.45, 2.75) is 33.4 Å². The number of aromatic nitrogens is 2. The summed E-state index contributed by atoms with van der Waals surface area (Å²) in [6, 6.07) is 7.54. The van der Waals surface area contributed by atoms with Crippen LogP contribution in [0.5, 0.6) is 0 Å². The van der Waals surface area contributed by atoms with Crippen LogP contribution in [0.1, 0.15) is 42.1 Å². The van der Waals surface area contributed by atoms with Crippen molar-refractivity contribution < 1.29 is 9.53 Å². The largest absolute Gasteiger partial charge is 0.372 e. The van der Waals surface area contributed by atoms with Crippen LogP contribution in [-0.2, 0) is 17.9 Å². The SMILES string of the molecule is CC1(C)CN(C(=O)c2cnc3n2CCOC3)CC/C1=C\C#Cc1cccc(Cl)c1. The highest BCUT2D eigenvalue weighted by Gasteiger charge is 2.34. The Morgan fingerprint density at radius 2 is 2.21 bits per heavy atom. The fourth-order valence-corrected chi connectivity index (χ4v) is 4.09. The predicted octanol–water partition coefficient (Wildman–Crippen LogP) is 3.92. The molecule has 29 heavy (non-hydrogen) atoms. The van der Waals surface area contributed by atoms with Crippen molar-refractivity contribution in [1.29, 1.82) is 0 Å². The van der Waals surface area contributed by atoms with E-state index in [0.717, 1.165) is 17.8 Å². The molecule has 0 radical (unpaired) electrons. The number of hydrogen-bond donors (Lipinski definition) is 0. The number of carbonyl (C=O) groups is 1. The minimum Gasteiger partial charge on any atom is -0.372 e. The standard InChI is InChI=1S/C23H24ClN3O2/c1-23(2)16-26(22(28)20-14-25-21-15-29-12-11-27(20)21)10-9-18(23)7-3-5-17-6-4-8-19(24)13-17/h4,6-8,13-14H,9-12,15-16H2,1-2H3/b18-7+. The zero-order valence-corrected chi connectivity index (χ0v) is 17.5. The predicted molar refractivity (Wildman–Crippen MR) is 113 cm³/mol. The van der Waals surface area contributed by atoms with E-state index in [-0.39, 0.29) is 11.3 Å². The third-order valence-corrected chi connectivity index (χ3v) is 5.76. The van der Waals surface area contributed by atoms with E-state index < -0.39 is 0 Å². The Morgan fingerprint density at radius 3 is 3.00 bits per heavy atom. The number of likely N-dealkylation sites (tertiary alicyclic amines) is 1. The first-order valence-electron chi connectivity index (χ1n) is 9.82. The molecular formula is C23H24ClN3O2. The van der Waals surface area contributed by atoms with Crippen LogP contribution in [0.2, 0.25) is 5.02 Å². The van der Waals surface area contributed by atoms with Gasteiger partial charge in [-0.25, -0.2) is 4.98 Å². The normalized spacial score (nSPS) is 19.4. The highest BCUT2D eigenvalue weighted by molar-refractivity contribution is 6.30. The number of carbonyl (C=O) groups excluding carboxylic acids is 1. The molecule has 1 saturated heterocycles. The van der Waals surface area contributed by atoms with Gasteiger partial charge in [-0.15, -0.1) is 0 Å². The van der Waals surface area contributed by atoms with E-state index in [1.807, 2.05) is 39.8 Å². The Hall–Kier alpha value is -2.55. The van der Waals surface area contributed by atoms with E-state index in [4.69, 9.17) is 16.3 Å². The number of rotatable bonds is 1. The number of ether oxygens (including phenoxy) is 1. The number of imidazole rings is 1. The Morgan fingerprint density at radius 1 is 1.34 bits per heavy atom. The molecular weight excluding hydrogens is 386 g/mol. The van der Waals surface area contributed by atoms with E-state index in [1.165, 1.54) is 5.57 Å². The van der Waals surface area contributed by atoms with E-state index in [2.05, 4.69) is 30.7 Å². The summed E-state index contributed by atoms with van der Waals surface area (Å²) >= 11 is 6.02. The lowest BCUT2D eigenvalue weighted by Crippen LogP contribution is -2.45. The summed E-state index contributed by atoms with van der Waals surface area (Å²) in [6.45, 7) is 7.44. The third kappa shape index (κ3) is 4.24. The van der Waals surface area contributed by atoms with Gasteiger partial charge in [-0.05, 0) is 30.7 Å². The number of benzene rings is 1. The van der Waals surface area contributed by atoms with Gasteiger partial charge in [0, 0.05) is 35.6 Å². The number of nitrogens with zero attached hydrogens (tertiary/aromatic N) is 3. The van der Waals surface area contributed by atoms with E-state index in [1.54, 1.807) is 6.20 Å². The maximum absolute atomic E-state index is 13.1. The van der Waals surface area contributed by atoms with Crippen molar-refractivity contribution in [1.82, 2.24) is 14.5 Å². The minimum atomic E-state index is -0.134. The van der Waals surface area contributed by atoms with Crippen molar-refractivity contribution in [2.75, 3.05) is 19.7 Å². The number of halogens is 1. The van der Waals surface area contributed by atoms with Crippen molar-refractivity contribution in [2.24, 2.45) is 5.41 Å². The van der Waals surface area contributed by atoms with Crippen LogP contribution >= 0.6 is 11.6 Å². The van der Waals surface area contributed by atoms with Crippen LogP contribution < -0.4 is 0 Å². The molecule has 5 nitrogen and oxygen atoms in total. The van der Waals surface area contributed by atoms with Crippen molar-refractivity contribution in [3.8, 4) is 11.8 Å². The molecule has 1 fully saturated rings. The number of allylic oxidation sites excluding steroid dienone is 1. The lowest BCUT2D eigenvalue weighted by molar-refractivity contribution is 0.0617. The highest BCUT2D eigenvalue weighted by Crippen LogP contribution is 2.34. The molecule has 0 atom stereocenters. The van der Waals surface area contributed by atoms with Crippen molar-refractivity contribution >= 4 is 17.5 Å². The van der Waals surface area contributed by atoms with Crippen LogP contribution in [0.15, 0.2) is 42.1 Å². The average Bonchev–Trinajstić information content (AvgIpc) is 3.12. The molecule has 0 saturated carbocycles. The van der Waals surface area contributed by atoms with Gasteiger partial charge in [0.15, 0.2) is 0 Å². The molecule has 2 aromatic rings. The first-order valence-corrected chi connectivity index (χ1v) is 10.2. The molecule has 0 aliphatic carbocycles. The van der Waals surface area contributed by atoms with Crippen LogP contribution in [0.3, 0.4) is 0 Å². The van der Waals surface area contributed by atoms with Crippen molar-refractivity contribution in [3.63, 3.8) is 0 Å². The number of piperidine rings is 1. The molecule has 1 aromatic heterocycles. The summed E-state index contributed by atoms with van der Waals surface area (Å²) in [5, 5.41) is 0.685. The molecule has 150 valence electrons. The quantitative estimate of drug-likeness (QED) is 0.671. The first kappa shape index (κ1) is 19.8. The highest BCUT2D eigenvalue weighted by atomic mass is 35.5. The lowest BCUT2D eigenvalue weighted by atomic mass is 9.78. The zero-order chi connectivity index (χ0) is 20.4. The lowest BCUT2D eigenvalue weighted by Gasteiger charge is -2.40. The van der Waals surface area contributed by atoms with Gasteiger partial charge in [-0.3, -0.25) is 4.79 Å². The third-order valence-electron chi connectivity index (χ3n) is 5.53. The Bertz CT molecular complexity index is 1030. The van der Waals surface area contributed by atoms with Gasteiger partial charge >= 0.3 is 0 Å². The second kappa shape index (κ2) is 8.06. The summed E-state index contributed by atoms with van der Waals surface area (Å²) in [4.78, 5) is 19.4. The zero-order valence-electron chi connectivity index (χ0n) is 16.7. The Kier molecular flexibility index (Phi) is 5.49. The molecule has 0 unspecified atom stereocenters. The fourth-order valence-electron chi connectivity index (χ4n) is 3.90. The average molecular weight is 410 g/mol. The first-order chi connectivity index (χ1) is 13.9. The van der Waals surface area contributed by atoms with Crippen LogP contribution in [0, 0.1) is 17.3 Å². The van der Waals surface area contributed by atoms with Crippen LogP contribution in [0.4, 0.5) is 0 Å². The molecule has 1 amide bonds. The molecule has 3 heterocycles. The Labute approximate surface area is 176 Å². The number of amides is 1. The van der Waals surface area contributed by atoms with E-state index >= 15 is 0 Å². The Balaban J connectivity index is 1.48. The molecule has 2 aliphatic rings. The van der Waals surface area contributed by atoms with Gasteiger partial charge in [0.05, 0.1) is 12.8 Å². The van der Waals surface area contributed by atoms with E-state index in [0.29, 0.717) is 43.6 Å². The molecule has 4 rings (SSSR count). The topological polar surface area (TPSA) is 47.4 Å². The summed E-state index contributed by atoms with van der Waals surface area (Å²) in [5.74, 6) is 7.18. The number of hydrogen-bond acceptors (Lipinski definition) is 3. The van der Waals surface area contributed by atoms with Gasteiger partial charge in [0.25, 0.3) is 5.91 Å². The van der Waals surface area contributed by atoms with Crippen LogP contribution in [0.25, 0.3) is 0 Å². The summed E-state index contributed by atoms with van der Waals surface area (Å²) < 4.78 is 7.41. The molecule has 0 N–H and O–H groups in total.